The first-order chi connectivity index (χ1) is 7.74. The Labute approximate surface area is 95.5 Å². The first kappa shape index (κ1) is 11.1. The molecule has 0 saturated carbocycles. The van der Waals surface area contributed by atoms with Crippen LogP contribution in [-0.2, 0) is 4.79 Å². The van der Waals surface area contributed by atoms with Crippen molar-refractivity contribution in [2.75, 3.05) is 11.9 Å². The second-order valence-corrected chi connectivity index (χ2v) is 4.30. The van der Waals surface area contributed by atoms with Gasteiger partial charge in [-0.1, -0.05) is 24.6 Å². The van der Waals surface area contributed by atoms with E-state index in [1.54, 1.807) is 0 Å². The van der Waals surface area contributed by atoms with Crippen molar-refractivity contribution >= 4 is 11.6 Å². The molecule has 1 aromatic carbocycles. The van der Waals surface area contributed by atoms with Gasteiger partial charge < -0.3 is 10.4 Å². The molecule has 2 N–H and O–H groups in total. The molecule has 2 rings (SSSR count). The van der Waals surface area contributed by atoms with E-state index in [1.165, 1.54) is 0 Å². The van der Waals surface area contributed by atoms with E-state index in [1.807, 2.05) is 25.1 Å². The van der Waals surface area contributed by atoms with Gasteiger partial charge in [0.1, 0.15) is 0 Å². The highest BCUT2D eigenvalue weighted by molar-refractivity contribution is 6.03. The highest BCUT2D eigenvalue weighted by Crippen LogP contribution is 2.37. The summed E-state index contributed by atoms with van der Waals surface area (Å²) in [6.07, 6.45) is 2.48. The predicted octanol–water partition coefficient (Wildman–Crippen LogP) is 2.19. The van der Waals surface area contributed by atoms with Gasteiger partial charge in [-0.2, -0.15) is 0 Å². The fourth-order valence-electron chi connectivity index (χ4n) is 2.25. The summed E-state index contributed by atoms with van der Waals surface area (Å²) in [5, 5.41) is 11.7. The zero-order valence-corrected chi connectivity index (χ0v) is 9.49. The van der Waals surface area contributed by atoms with Crippen molar-refractivity contribution < 1.29 is 9.90 Å². The van der Waals surface area contributed by atoms with Gasteiger partial charge >= 0.3 is 0 Å². The number of carbonyl (C=O) groups is 1. The van der Waals surface area contributed by atoms with Crippen LogP contribution < -0.4 is 5.32 Å². The highest BCUT2D eigenvalue weighted by atomic mass is 16.2. The molecule has 0 aromatic heterocycles. The Balaban J connectivity index is 2.16. The van der Waals surface area contributed by atoms with Crippen molar-refractivity contribution in [1.82, 2.24) is 0 Å². The number of anilines is 1. The molecule has 1 heterocycles. The molecule has 1 aliphatic heterocycles. The van der Waals surface area contributed by atoms with E-state index in [2.05, 4.69) is 5.32 Å². The Morgan fingerprint density at radius 1 is 1.38 bits per heavy atom. The number of rotatable bonds is 4. The predicted molar refractivity (Wildman–Crippen MR) is 63.5 cm³/mol. The van der Waals surface area contributed by atoms with Crippen LogP contribution >= 0.6 is 0 Å². The van der Waals surface area contributed by atoms with Gasteiger partial charge in [-0.3, -0.25) is 4.79 Å². The summed E-state index contributed by atoms with van der Waals surface area (Å²) >= 11 is 0. The summed E-state index contributed by atoms with van der Waals surface area (Å²) in [6, 6.07) is 6.02. The van der Waals surface area contributed by atoms with E-state index in [0.717, 1.165) is 36.1 Å². The molecule has 1 amide bonds. The molecular formula is C13H17NO2. The van der Waals surface area contributed by atoms with Gasteiger partial charge in [0.25, 0.3) is 0 Å². The lowest BCUT2D eigenvalue weighted by molar-refractivity contribution is -0.117. The van der Waals surface area contributed by atoms with Crippen LogP contribution in [0, 0.1) is 6.92 Å². The fraction of sp³-hybridized carbons (Fsp3) is 0.462. The third-order valence-corrected chi connectivity index (χ3v) is 3.15. The number of amides is 1. The number of hydrogen-bond acceptors (Lipinski definition) is 2. The summed E-state index contributed by atoms with van der Waals surface area (Å²) < 4.78 is 0. The first-order valence-electron chi connectivity index (χ1n) is 5.75. The number of para-hydroxylation sites is 1. The summed E-state index contributed by atoms with van der Waals surface area (Å²) in [5.41, 5.74) is 3.22. The second-order valence-electron chi connectivity index (χ2n) is 4.30. The lowest BCUT2D eigenvalue weighted by Gasteiger charge is -2.08. The van der Waals surface area contributed by atoms with Crippen molar-refractivity contribution in [3.8, 4) is 0 Å². The lowest BCUT2D eigenvalue weighted by Crippen LogP contribution is -2.12. The Hall–Kier alpha value is -1.35. The van der Waals surface area contributed by atoms with Crippen LogP contribution in [0.15, 0.2) is 18.2 Å². The molecule has 0 aliphatic carbocycles. The maximum atomic E-state index is 11.8. The van der Waals surface area contributed by atoms with Crippen molar-refractivity contribution in [3.05, 3.63) is 29.3 Å². The molecule has 0 radical (unpaired) electrons. The van der Waals surface area contributed by atoms with Gasteiger partial charge in [-0.05, 0) is 30.9 Å². The number of aryl methyl sites for hydroxylation is 1. The standard InChI is InChI=1S/C13H17NO2/c1-9-5-4-7-10-11(6-2-3-8-15)13(16)14-12(9)10/h4-5,7,11,15H,2-3,6,8H2,1H3,(H,14,16). The van der Waals surface area contributed by atoms with Crippen molar-refractivity contribution in [1.29, 1.82) is 0 Å². The van der Waals surface area contributed by atoms with Gasteiger partial charge in [0.15, 0.2) is 0 Å². The van der Waals surface area contributed by atoms with E-state index >= 15 is 0 Å². The number of unbranched alkanes of at least 4 members (excludes halogenated alkanes) is 1. The number of nitrogens with one attached hydrogen (secondary N) is 1. The van der Waals surface area contributed by atoms with Crippen LogP contribution in [0.4, 0.5) is 5.69 Å². The molecular weight excluding hydrogens is 202 g/mol. The molecule has 86 valence electrons. The lowest BCUT2D eigenvalue weighted by atomic mass is 9.94. The normalized spacial score (nSPS) is 18.4. The Kier molecular flexibility index (Phi) is 3.25. The first-order valence-corrected chi connectivity index (χ1v) is 5.75. The minimum atomic E-state index is -0.0264. The molecule has 0 fully saturated rings. The molecule has 16 heavy (non-hydrogen) atoms. The molecule has 0 saturated heterocycles. The smallest absolute Gasteiger partial charge is 0.232 e. The summed E-state index contributed by atoms with van der Waals surface area (Å²) in [6.45, 7) is 2.21. The average molecular weight is 219 g/mol. The highest BCUT2D eigenvalue weighted by Gasteiger charge is 2.30. The van der Waals surface area contributed by atoms with Crippen molar-refractivity contribution in [2.24, 2.45) is 0 Å². The Morgan fingerprint density at radius 2 is 2.19 bits per heavy atom. The van der Waals surface area contributed by atoms with Crippen LogP contribution in [0.2, 0.25) is 0 Å². The van der Waals surface area contributed by atoms with Crippen LogP contribution in [0.5, 0.6) is 0 Å². The molecule has 3 nitrogen and oxygen atoms in total. The zero-order valence-electron chi connectivity index (χ0n) is 9.49. The van der Waals surface area contributed by atoms with E-state index in [4.69, 9.17) is 5.11 Å². The van der Waals surface area contributed by atoms with Crippen LogP contribution in [0.25, 0.3) is 0 Å². The quantitative estimate of drug-likeness (QED) is 0.763. The fourth-order valence-corrected chi connectivity index (χ4v) is 2.25. The molecule has 1 aliphatic rings. The summed E-state index contributed by atoms with van der Waals surface area (Å²) in [7, 11) is 0. The molecule has 1 atom stereocenters. The van der Waals surface area contributed by atoms with Gasteiger partial charge in [-0.15, -0.1) is 0 Å². The monoisotopic (exact) mass is 219 g/mol. The van der Waals surface area contributed by atoms with Gasteiger partial charge in [-0.25, -0.2) is 0 Å². The van der Waals surface area contributed by atoms with Gasteiger partial charge in [0.2, 0.25) is 5.91 Å². The average Bonchev–Trinajstić information content (AvgIpc) is 2.58. The van der Waals surface area contributed by atoms with E-state index in [0.29, 0.717) is 0 Å². The number of fused-ring (bicyclic) bond motifs is 1. The maximum Gasteiger partial charge on any atom is 0.232 e. The van der Waals surface area contributed by atoms with E-state index < -0.39 is 0 Å². The minimum absolute atomic E-state index is 0.0264. The molecule has 0 bridgehead atoms. The van der Waals surface area contributed by atoms with Crippen LogP contribution in [0.3, 0.4) is 0 Å². The molecule has 1 aromatic rings. The van der Waals surface area contributed by atoms with Crippen LogP contribution in [0.1, 0.15) is 36.3 Å². The number of aliphatic hydroxyl groups excluding tert-OH is 1. The third-order valence-electron chi connectivity index (χ3n) is 3.15. The number of benzene rings is 1. The SMILES string of the molecule is Cc1cccc2c1NC(=O)C2CCCCO. The summed E-state index contributed by atoms with van der Waals surface area (Å²) in [5.74, 6) is 0.0729. The van der Waals surface area contributed by atoms with Gasteiger partial charge in [0.05, 0.1) is 5.92 Å². The molecule has 0 spiro atoms. The van der Waals surface area contributed by atoms with Crippen molar-refractivity contribution in [3.63, 3.8) is 0 Å². The van der Waals surface area contributed by atoms with Crippen molar-refractivity contribution in [2.45, 2.75) is 32.1 Å². The maximum absolute atomic E-state index is 11.8. The molecule has 1 unspecified atom stereocenters. The van der Waals surface area contributed by atoms with Crippen LogP contribution in [-0.4, -0.2) is 17.6 Å². The largest absolute Gasteiger partial charge is 0.396 e. The topological polar surface area (TPSA) is 49.3 Å². The number of hydrogen-bond donors (Lipinski definition) is 2. The zero-order chi connectivity index (χ0) is 11.5. The number of carbonyl (C=O) groups excluding carboxylic acids is 1. The van der Waals surface area contributed by atoms with E-state index in [-0.39, 0.29) is 18.4 Å². The van der Waals surface area contributed by atoms with E-state index in [9.17, 15) is 4.79 Å². The summed E-state index contributed by atoms with van der Waals surface area (Å²) in [4.78, 5) is 11.8. The second kappa shape index (κ2) is 4.66. The number of aliphatic hydroxyl groups is 1. The van der Waals surface area contributed by atoms with Gasteiger partial charge in [0, 0.05) is 12.3 Å². The third kappa shape index (κ3) is 1.95. The Bertz CT molecular complexity index is 401. The minimum Gasteiger partial charge on any atom is -0.396 e. The Morgan fingerprint density at radius 3 is 2.94 bits per heavy atom. The molecule has 3 heteroatoms.